The van der Waals surface area contributed by atoms with Crippen LogP contribution < -0.4 is 0 Å². The second kappa shape index (κ2) is 11.6. The van der Waals surface area contributed by atoms with E-state index in [9.17, 15) is 4.79 Å². The minimum atomic E-state index is -0.531. The number of amides is 1. The number of ether oxygens (including phenoxy) is 3. The van der Waals surface area contributed by atoms with Gasteiger partial charge in [-0.15, -0.1) is 0 Å². The van der Waals surface area contributed by atoms with Crippen LogP contribution in [0.1, 0.15) is 61.1 Å². The summed E-state index contributed by atoms with van der Waals surface area (Å²) in [7, 11) is 1.90. The van der Waals surface area contributed by atoms with E-state index in [1.165, 1.54) is 47.1 Å². The zero-order valence-electron chi connectivity index (χ0n) is 21.2. The highest BCUT2D eigenvalue weighted by Crippen LogP contribution is 2.43. The highest BCUT2D eigenvalue weighted by Gasteiger charge is 2.34. The van der Waals surface area contributed by atoms with Crippen molar-refractivity contribution in [1.29, 1.82) is 0 Å². The van der Waals surface area contributed by atoms with Gasteiger partial charge in [-0.25, -0.2) is 0 Å². The Hall–Kier alpha value is -2.67. The third-order valence-electron chi connectivity index (χ3n) is 7.76. The molecule has 2 aromatic rings. The predicted octanol–water partition coefficient (Wildman–Crippen LogP) is 4.79. The number of carbonyl (C=O) groups is 1. The summed E-state index contributed by atoms with van der Waals surface area (Å²) in [5.41, 5.74) is 6.50. The first-order valence-electron chi connectivity index (χ1n) is 13.3. The Morgan fingerprint density at radius 2 is 1.83 bits per heavy atom. The molecule has 3 aliphatic rings. The molecule has 1 N–H and O–H groups in total. The Balaban J connectivity index is 1.40. The first kappa shape index (κ1) is 25.0. The van der Waals surface area contributed by atoms with Gasteiger partial charge < -0.3 is 24.2 Å². The summed E-state index contributed by atoms with van der Waals surface area (Å²) in [6.07, 6.45) is 8.70. The molecule has 5 rings (SSSR count). The number of fused-ring (bicyclic) bond motifs is 3. The molecule has 6 heteroatoms. The third-order valence-corrected chi connectivity index (χ3v) is 7.76. The normalized spacial score (nSPS) is 21.3. The maximum Gasteiger partial charge on any atom is 0.288 e. The van der Waals surface area contributed by atoms with Gasteiger partial charge in [-0.05, 0) is 53.2 Å². The monoisotopic (exact) mass is 491 g/mol. The average Bonchev–Trinajstić information content (AvgIpc) is 3.31. The Labute approximate surface area is 213 Å². The summed E-state index contributed by atoms with van der Waals surface area (Å²) in [6.45, 7) is 0.980. The van der Waals surface area contributed by atoms with E-state index < -0.39 is 6.29 Å². The van der Waals surface area contributed by atoms with Crippen molar-refractivity contribution in [3.05, 3.63) is 71.0 Å². The van der Waals surface area contributed by atoms with E-state index in [1.54, 1.807) is 0 Å². The van der Waals surface area contributed by atoms with Crippen molar-refractivity contribution in [2.24, 2.45) is 0 Å². The zero-order valence-corrected chi connectivity index (χ0v) is 21.2. The number of carbonyl (C=O) groups excluding carboxylic acids is 1. The van der Waals surface area contributed by atoms with Crippen molar-refractivity contribution in [2.75, 3.05) is 33.5 Å². The number of nitrogens with zero attached hydrogens (tertiary/aromatic N) is 1. The summed E-state index contributed by atoms with van der Waals surface area (Å²) in [5, 5.41) is 8.93. The molecule has 0 saturated heterocycles. The second-order valence-electron chi connectivity index (χ2n) is 10.0. The number of hydrogen-bond acceptors (Lipinski definition) is 5. The van der Waals surface area contributed by atoms with Crippen LogP contribution in [0.4, 0.5) is 0 Å². The van der Waals surface area contributed by atoms with Gasteiger partial charge >= 0.3 is 0 Å². The molecule has 192 valence electrons. The molecule has 2 aromatic carbocycles. The highest BCUT2D eigenvalue weighted by atomic mass is 16.7. The van der Waals surface area contributed by atoms with Crippen molar-refractivity contribution < 1.29 is 24.1 Å². The molecule has 0 aromatic heterocycles. The van der Waals surface area contributed by atoms with E-state index >= 15 is 0 Å². The Bertz CT molecular complexity index is 1090. The first-order valence-corrected chi connectivity index (χ1v) is 13.3. The lowest BCUT2D eigenvalue weighted by molar-refractivity contribution is -0.157. The summed E-state index contributed by atoms with van der Waals surface area (Å²) in [6, 6.07) is 15.3. The SMILES string of the molecule is CN(C(=O)C1=CC(c2cccc3c2Cc2ccccc2-3)CC(OCCOCCO)O1)C1CCCCC1. The predicted molar refractivity (Wildman–Crippen MR) is 138 cm³/mol. The number of rotatable bonds is 9. The Kier molecular flexibility index (Phi) is 8.05. The molecule has 2 aliphatic carbocycles. The van der Waals surface area contributed by atoms with E-state index in [0.29, 0.717) is 25.4 Å². The maximum atomic E-state index is 13.6. The molecule has 1 heterocycles. The van der Waals surface area contributed by atoms with Crippen molar-refractivity contribution in [2.45, 2.75) is 63.2 Å². The quantitative estimate of drug-likeness (QED) is 0.436. The molecule has 0 radical (unpaired) electrons. The van der Waals surface area contributed by atoms with Gasteiger partial charge in [-0.2, -0.15) is 0 Å². The Morgan fingerprint density at radius 3 is 2.67 bits per heavy atom. The van der Waals surface area contributed by atoms with Gasteiger partial charge in [0.2, 0.25) is 6.29 Å². The lowest BCUT2D eigenvalue weighted by Crippen LogP contribution is -2.41. The molecule has 1 aliphatic heterocycles. The fourth-order valence-electron chi connectivity index (χ4n) is 5.87. The topological polar surface area (TPSA) is 68.2 Å². The van der Waals surface area contributed by atoms with E-state index in [1.807, 2.05) is 18.0 Å². The van der Waals surface area contributed by atoms with Crippen LogP contribution in [0.25, 0.3) is 11.1 Å². The van der Waals surface area contributed by atoms with Gasteiger partial charge in [0.05, 0.1) is 26.4 Å². The zero-order chi connectivity index (χ0) is 24.9. The Morgan fingerprint density at radius 1 is 1.03 bits per heavy atom. The van der Waals surface area contributed by atoms with Gasteiger partial charge in [-0.3, -0.25) is 4.79 Å². The van der Waals surface area contributed by atoms with E-state index in [4.69, 9.17) is 19.3 Å². The largest absolute Gasteiger partial charge is 0.459 e. The fraction of sp³-hybridized carbons (Fsp3) is 0.500. The van der Waals surface area contributed by atoms with Crippen molar-refractivity contribution in [3.8, 4) is 11.1 Å². The molecule has 2 atom stereocenters. The number of likely N-dealkylation sites (N-methyl/N-ethyl adjacent to an activating group) is 1. The number of aliphatic hydroxyl groups is 1. The fourth-order valence-corrected chi connectivity index (χ4v) is 5.87. The lowest BCUT2D eigenvalue weighted by atomic mass is 9.87. The highest BCUT2D eigenvalue weighted by molar-refractivity contribution is 5.92. The summed E-state index contributed by atoms with van der Waals surface area (Å²) in [5.74, 6) is 0.339. The smallest absolute Gasteiger partial charge is 0.288 e. The van der Waals surface area contributed by atoms with E-state index in [-0.39, 0.29) is 31.1 Å². The van der Waals surface area contributed by atoms with Gasteiger partial charge in [0, 0.05) is 25.4 Å². The van der Waals surface area contributed by atoms with Crippen LogP contribution >= 0.6 is 0 Å². The van der Waals surface area contributed by atoms with Crippen LogP contribution in [0.2, 0.25) is 0 Å². The summed E-state index contributed by atoms with van der Waals surface area (Å²) < 4.78 is 17.5. The average molecular weight is 492 g/mol. The van der Waals surface area contributed by atoms with Crippen LogP contribution in [0.15, 0.2) is 54.3 Å². The van der Waals surface area contributed by atoms with E-state index in [2.05, 4.69) is 42.5 Å². The molecule has 0 bridgehead atoms. The number of hydrogen-bond donors (Lipinski definition) is 1. The second-order valence-corrected chi connectivity index (χ2v) is 10.0. The number of allylic oxidation sites excluding steroid dienone is 1. The molecule has 6 nitrogen and oxygen atoms in total. The van der Waals surface area contributed by atoms with Crippen molar-refractivity contribution in [3.63, 3.8) is 0 Å². The molecule has 1 amide bonds. The lowest BCUT2D eigenvalue weighted by Gasteiger charge is -2.35. The molecule has 1 fully saturated rings. The van der Waals surface area contributed by atoms with Crippen LogP contribution in [0, 0.1) is 0 Å². The minimum Gasteiger partial charge on any atom is -0.459 e. The first-order chi connectivity index (χ1) is 17.7. The van der Waals surface area contributed by atoms with Crippen LogP contribution in [0.5, 0.6) is 0 Å². The molecule has 1 saturated carbocycles. The molecule has 36 heavy (non-hydrogen) atoms. The standard InChI is InChI=1S/C30H37NO5/c1-31(23-9-3-2-4-10-23)30(33)28-19-22(20-29(36-28)35-17-16-34-15-14-32)25-12-7-13-26-24-11-6-5-8-21(24)18-27(25)26/h5-8,11-13,19,22-23,29,32H,2-4,9-10,14-18,20H2,1H3. The van der Waals surface area contributed by atoms with Crippen molar-refractivity contribution in [1.82, 2.24) is 4.90 Å². The van der Waals surface area contributed by atoms with Crippen LogP contribution in [0.3, 0.4) is 0 Å². The van der Waals surface area contributed by atoms with Gasteiger partial charge in [0.25, 0.3) is 5.91 Å². The van der Waals surface area contributed by atoms with Gasteiger partial charge in [0.15, 0.2) is 5.76 Å². The van der Waals surface area contributed by atoms with Crippen molar-refractivity contribution >= 4 is 5.91 Å². The van der Waals surface area contributed by atoms with Crippen LogP contribution in [-0.2, 0) is 25.4 Å². The number of benzene rings is 2. The minimum absolute atomic E-state index is 0.0155. The summed E-state index contributed by atoms with van der Waals surface area (Å²) >= 11 is 0. The van der Waals surface area contributed by atoms with Crippen LogP contribution in [-0.4, -0.2) is 61.7 Å². The van der Waals surface area contributed by atoms with E-state index in [0.717, 1.165) is 19.3 Å². The maximum absolute atomic E-state index is 13.6. The summed E-state index contributed by atoms with van der Waals surface area (Å²) in [4.78, 5) is 15.4. The molecule has 0 spiro atoms. The number of aliphatic hydroxyl groups excluding tert-OH is 1. The van der Waals surface area contributed by atoms with Gasteiger partial charge in [0.1, 0.15) is 0 Å². The molecule has 2 unspecified atom stereocenters. The van der Waals surface area contributed by atoms with Gasteiger partial charge in [-0.1, -0.05) is 61.7 Å². The molecular weight excluding hydrogens is 454 g/mol. The molecular formula is C30H37NO5. The third kappa shape index (κ3) is 5.36.